The minimum atomic E-state index is -0.156. The summed E-state index contributed by atoms with van der Waals surface area (Å²) >= 11 is 0. The largest absolute Gasteiger partial charge is 0.289 e. The van der Waals surface area contributed by atoms with E-state index >= 15 is 0 Å². The summed E-state index contributed by atoms with van der Waals surface area (Å²) in [5, 5.41) is 8.82. The molecule has 0 aliphatic carbocycles. The van der Waals surface area contributed by atoms with Crippen LogP contribution in [0.25, 0.3) is 43.1 Å². The van der Waals surface area contributed by atoms with Gasteiger partial charge in [-0.05, 0) is 91.6 Å². The molecule has 0 aliphatic heterocycles. The number of ketones is 2. The van der Waals surface area contributed by atoms with E-state index in [1.54, 1.807) is 24.3 Å². The molecule has 38 heavy (non-hydrogen) atoms. The van der Waals surface area contributed by atoms with Gasteiger partial charge in [-0.3, -0.25) is 9.59 Å². The van der Waals surface area contributed by atoms with Gasteiger partial charge >= 0.3 is 0 Å². The smallest absolute Gasteiger partial charge is 0.193 e. The molecule has 0 saturated heterocycles. The van der Waals surface area contributed by atoms with Gasteiger partial charge in [0.25, 0.3) is 0 Å². The van der Waals surface area contributed by atoms with Gasteiger partial charge in [0.1, 0.15) is 0 Å². The van der Waals surface area contributed by atoms with Gasteiger partial charge < -0.3 is 0 Å². The fourth-order valence-corrected chi connectivity index (χ4v) is 5.36. The highest BCUT2D eigenvalue weighted by molar-refractivity contribution is 6.22. The molecule has 7 rings (SSSR count). The van der Waals surface area contributed by atoms with E-state index in [1.807, 2.05) is 48.5 Å². The lowest BCUT2D eigenvalue weighted by Crippen LogP contribution is -2.11. The van der Waals surface area contributed by atoms with Crippen molar-refractivity contribution in [2.45, 2.75) is 0 Å². The van der Waals surface area contributed by atoms with Crippen molar-refractivity contribution in [2.75, 3.05) is 0 Å². The predicted octanol–water partition coefficient (Wildman–Crippen LogP) is 8.76. The molecule has 0 aliphatic rings. The van der Waals surface area contributed by atoms with E-state index < -0.39 is 0 Å². The third kappa shape index (κ3) is 3.75. The highest BCUT2D eigenvalue weighted by Crippen LogP contribution is 2.32. The van der Waals surface area contributed by atoms with Crippen molar-refractivity contribution in [3.8, 4) is 0 Å². The molecular formula is C36H22O2. The van der Waals surface area contributed by atoms with Crippen molar-refractivity contribution >= 4 is 54.7 Å². The van der Waals surface area contributed by atoms with Crippen molar-refractivity contribution in [1.82, 2.24) is 0 Å². The Morgan fingerprint density at radius 1 is 0.316 bits per heavy atom. The number of hydrogen-bond acceptors (Lipinski definition) is 2. The van der Waals surface area contributed by atoms with Crippen LogP contribution in [0.2, 0.25) is 0 Å². The SMILES string of the molecule is O=C(c1ccccc1)c1cc2cc3cc4cc5ccccc5cc4cc3cc2cc1C(=O)c1ccccc1. The quantitative estimate of drug-likeness (QED) is 0.184. The number of hydrogen-bond donors (Lipinski definition) is 0. The van der Waals surface area contributed by atoms with E-state index in [0.29, 0.717) is 22.3 Å². The molecule has 0 bridgehead atoms. The van der Waals surface area contributed by atoms with E-state index in [9.17, 15) is 9.59 Å². The van der Waals surface area contributed by atoms with E-state index in [2.05, 4.69) is 60.7 Å². The second-order valence-corrected chi connectivity index (χ2v) is 9.73. The number of rotatable bonds is 4. The van der Waals surface area contributed by atoms with Crippen LogP contribution >= 0.6 is 0 Å². The molecule has 0 atom stereocenters. The molecule has 0 fully saturated rings. The summed E-state index contributed by atoms with van der Waals surface area (Å²) in [6, 6.07) is 43.5. The summed E-state index contributed by atoms with van der Waals surface area (Å²) in [6.07, 6.45) is 0. The standard InChI is InChI=1S/C36H22O2/c37-35(23-9-3-1-4-10-23)33-21-31-19-29-17-27-15-25-13-7-8-14-26(25)16-28(27)18-30(29)20-32(31)22-34(33)36(38)24-11-5-2-6-12-24/h1-22H. The normalized spacial score (nSPS) is 11.4. The van der Waals surface area contributed by atoms with E-state index in [1.165, 1.54) is 21.5 Å². The molecule has 7 aromatic carbocycles. The number of carbonyl (C=O) groups excluding carboxylic acids is 2. The van der Waals surface area contributed by atoms with Crippen LogP contribution in [0.1, 0.15) is 31.8 Å². The number of fused-ring (bicyclic) bond motifs is 4. The van der Waals surface area contributed by atoms with Crippen LogP contribution in [0, 0.1) is 0 Å². The molecule has 0 heterocycles. The molecule has 0 radical (unpaired) electrons. The Hall–Kier alpha value is -5.08. The summed E-state index contributed by atoms with van der Waals surface area (Å²) in [5.74, 6) is -0.311. The van der Waals surface area contributed by atoms with Gasteiger partial charge in [-0.15, -0.1) is 0 Å². The van der Waals surface area contributed by atoms with Gasteiger partial charge in [0.15, 0.2) is 11.6 Å². The molecule has 0 aromatic heterocycles. The van der Waals surface area contributed by atoms with Crippen molar-refractivity contribution in [3.63, 3.8) is 0 Å². The summed E-state index contributed by atoms with van der Waals surface area (Å²) in [7, 11) is 0. The van der Waals surface area contributed by atoms with E-state index in [4.69, 9.17) is 0 Å². The van der Waals surface area contributed by atoms with Crippen LogP contribution in [0.4, 0.5) is 0 Å². The minimum Gasteiger partial charge on any atom is -0.289 e. The lowest BCUT2D eigenvalue weighted by Gasteiger charge is -2.12. The molecule has 0 unspecified atom stereocenters. The van der Waals surface area contributed by atoms with Crippen LogP contribution in [0.3, 0.4) is 0 Å². The highest BCUT2D eigenvalue weighted by atomic mass is 16.1. The minimum absolute atomic E-state index is 0.156. The number of carbonyl (C=O) groups is 2. The van der Waals surface area contributed by atoms with Crippen molar-refractivity contribution in [3.05, 3.63) is 156 Å². The summed E-state index contributed by atoms with van der Waals surface area (Å²) in [4.78, 5) is 27.3. The summed E-state index contributed by atoms with van der Waals surface area (Å²) < 4.78 is 0. The van der Waals surface area contributed by atoms with Gasteiger partial charge in [-0.1, -0.05) is 84.9 Å². The van der Waals surface area contributed by atoms with Gasteiger partial charge in [-0.25, -0.2) is 0 Å². The average molecular weight is 487 g/mol. The molecule has 2 nitrogen and oxygen atoms in total. The third-order valence-electron chi connectivity index (χ3n) is 7.31. The van der Waals surface area contributed by atoms with Crippen LogP contribution in [-0.4, -0.2) is 11.6 Å². The first-order valence-electron chi connectivity index (χ1n) is 12.7. The maximum Gasteiger partial charge on any atom is 0.193 e. The molecule has 0 saturated carbocycles. The fraction of sp³-hybridized carbons (Fsp3) is 0. The second-order valence-electron chi connectivity index (χ2n) is 9.73. The maximum absolute atomic E-state index is 13.7. The molecule has 0 N–H and O–H groups in total. The van der Waals surface area contributed by atoms with Crippen LogP contribution in [-0.2, 0) is 0 Å². The monoisotopic (exact) mass is 486 g/mol. The summed E-state index contributed by atoms with van der Waals surface area (Å²) in [5.41, 5.74) is 1.97. The van der Waals surface area contributed by atoms with Gasteiger partial charge in [0.05, 0.1) is 0 Å². The predicted molar refractivity (Wildman–Crippen MR) is 156 cm³/mol. The Morgan fingerprint density at radius 2 is 0.605 bits per heavy atom. The van der Waals surface area contributed by atoms with E-state index in [0.717, 1.165) is 21.5 Å². The van der Waals surface area contributed by atoms with Crippen molar-refractivity contribution in [2.24, 2.45) is 0 Å². The Labute approximate surface area is 219 Å². The summed E-state index contributed by atoms with van der Waals surface area (Å²) in [6.45, 7) is 0. The van der Waals surface area contributed by atoms with Crippen LogP contribution < -0.4 is 0 Å². The molecule has 0 spiro atoms. The lowest BCUT2D eigenvalue weighted by atomic mass is 9.89. The Morgan fingerprint density at radius 3 is 0.974 bits per heavy atom. The maximum atomic E-state index is 13.7. The zero-order chi connectivity index (χ0) is 25.6. The molecule has 178 valence electrons. The zero-order valence-corrected chi connectivity index (χ0v) is 20.5. The Balaban J connectivity index is 1.47. The lowest BCUT2D eigenvalue weighted by molar-refractivity contribution is 0.100. The average Bonchev–Trinajstić information content (AvgIpc) is 2.97. The molecular weight excluding hydrogens is 464 g/mol. The zero-order valence-electron chi connectivity index (χ0n) is 20.5. The molecule has 7 aromatic rings. The first-order valence-corrected chi connectivity index (χ1v) is 12.7. The van der Waals surface area contributed by atoms with Crippen molar-refractivity contribution < 1.29 is 9.59 Å². The first-order chi connectivity index (χ1) is 18.6. The van der Waals surface area contributed by atoms with Gasteiger partial charge in [0, 0.05) is 22.3 Å². The molecule has 0 amide bonds. The topological polar surface area (TPSA) is 34.1 Å². The first kappa shape index (κ1) is 22.1. The molecule has 2 heteroatoms. The second kappa shape index (κ2) is 8.79. The number of benzene rings is 7. The third-order valence-corrected chi connectivity index (χ3v) is 7.31. The van der Waals surface area contributed by atoms with Crippen LogP contribution in [0.15, 0.2) is 133 Å². The van der Waals surface area contributed by atoms with Gasteiger partial charge in [-0.2, -0.15) is 0 Å². The van der Waals surface area contributed by atoms with E-state index in [-0.39, 0.29) is 11.6 Å². The van der Waals surface area contributed by atoms with Crippen LogP contribution in [0.5, 0.6) is 0 Å². The Kier molecular flexibility index (Phi) is 5.12. The fourth-order valence-electron chi connectivity index (χ4n) is 5.36. The highest BCUT2D eigenvalue weighted by Gasteiger charge is 2.21. The van der Waals surface area contributed by atoms with Crippen molar-refractivity contribution in [1.29, 1.82) is 0 Å². The Bertz CT molecular complexity index is 1890. The van der Waals surface area contributed by atoms with Gasteiger partial charge in [0.2, 0.25) is 0 Å².